The molecule has 7 aliphatic carbocycles. The Morgan fingerprint density at radius 3 is 0.963 bits per heavy atom. The summed E-state index contributed by atoms with van der Waals surface area (Å²) < 4.78 is 397. The topological polar surface area (TPSA) is 0 Å². The average molecular weight is 1280 g/mol. The molecule has 494 valence electrons. The van der Waals surface area contributed by atoms with Crippen molar-refractivity contribution in [3.63, 3.8) is 0 Å². The minimum absolute atomic E-state index is 0.0949. The highest BCUT2D eigenvalue weighted by Gasteiger charge is 2.91. The fraction of sp³-hybridized carbons (Fsp3) is 1.00. The van der Waals surface area contributed by atoms with Crippen LogP contribution in [0.25, 0.3) is 0 Å². The second-order valence-corrected chi connectivity index (χ2v) is 22.6. The molecule has 7 fully saturated rings. The Hall–Kier alpha value is -2.17. The third-order valence-electron chi connectivity index (χ3n) is 17.8. The van der Waals surface area contributed by atoms with Gasteiger partial charge in [0.1, 0.15) is 18.5 Å². The number of halogens is 31. The van der Waals surface area contributed by atoms with E-state index in [0.29, 0.717) is 12.8 Å². The standard InChI is InChI=1S/C12H15F9.C10H14F6.C9H13F3.C8H7F9.C8H12F4.2C2H6/c1-4-5(2)8(11(16,17)18)9(12(19,20)21)6(3)7(4)10(13,14)15;1-5-3-6(2)8(10(14,15)16)7(4-5)9(11,12)13;1-5-6-3-4-7(5)8(6,2)9(10,11)12;1-3-5(10,11)4(2,9)7(14,15)8(16,17)6(3,12)13;1-3-5(9)4(2)7(11)8(12)6(3)10;2*1-2/h4-9H,1-3H3;5-8H,3-4H2,1-2H3;5-7H,3-4H2,1-2H3;3H,1-2H3;3-8H,1-2H3;2*1-2H3/t;;5?,6-,7+,8?;;;;. The molecule has 0 nitrogen and oxygen atoms in total. The second kappa shape index (κ2) is 26.7. The van der Waals surface area contributed by atoms with Crippen LogP contribution in [0.15, 0.2) is 0 Å². The highest BCUT2D eigenvalue weighted by atomic mass is 19.4. The van der Waals surface area contributed by atoms with Crippen molar-refractivity contribution in [2.24, 2.45) is 100 Å². The van der Waals surface area contributed by atoms with E-state index in [4.69, 9.17) is 0 Å². The molecule has 0 heterocycles. The van der Waals surface area contributed by atoms with E-state index in [0.717, 1.165) is 26.7 Å². The number of fused-ring (bicyclic) bond motifs is 1. The van der Waals surface area contributed by atoms with Crippen LogP contribution in [0.1, 0.15) is 130 Å². The molecular formula is C51H73F31. The zero-order valence-corrected chi connectivity index (χ0v) is 47.1. The molecule has 0 aromatic heterocycles. The number of rotatable bonds is 0. The van der Waals surface area contributed by atoms with Gasteiger partial charge in [0.15, 0.2) is 6.17 Å². The van der Waals surface area contributed by atoms with E-state index in [1.54, 1.807) is 6.92 Å². The van der Waals surface area contributed by atoms with Crippen molar-refractivity contribution in [3.05, 3.63) is 0 Å². The van der Waals surface area contributed by atoms with Crippen molar-refractivity contribution >= 4 is 0 Å². The van der Waals surface area contributed by atoms with Gasteiger partial charge in [-0.2, -0.15) is 105 Å². The fourth-order valence-corrected chi connectivity index (χ4v) is 13.0. The van der Waals surface area contributed by atoms with Crippen LogP contribution in [0.5, 0.6) is 0 Å². The second-order valence-electron chi connectivity index (χ2n) is 22.6. The summed E-state index contributed by atoms with van der Waals surface area (Å²) in [5.74, 6) is -48.4. The largest absolute Gasteiger partial charge is 0.394 e. The molecule has 0 spiro atoms. The minimum Gasteiger partial charge on any atom is -0.247 e. The summed E-state index contributed by atoms with van der Waals surface area (Å²) >= 11 is 0. The highest BCUT2D eigenvalue weighted by Crippen LogP contribution is 2.71. The molecule has 2 bridgehead atoms. The quantitative estimate of drug-likeness (QED) is 0.212. The molecule has 0 amide bonds. The van der Waals surface area contributed by atoms with Crippen LogP contribution in [0, 0.1) is 100 Å². The van der Waals surface area contributed by atoms with Crippen LogP contribution >= 0.6 is 0 Å². The Kier molecular flexibility index (Phi) is 26.0. The van der Waals surface area contributed by atoms with Crippen molar-refractivity contribution < 1.29 is 136 Å². The minimum atomic E-state index is -6.19. The van der Waals surface area contributed by atoms with Crippen molar-refractivity contribution in [2.75, 3.05) is 0 Å². The summed E-state index contributed by atoms with van der Waals surface area (Å²) in [6.07, 6.45) is -35.4. The Morgan fingerprint density at radius 2 is 0.671 bits per heavy atom. The lowest BCUT2D eigenvalue weighted by Crippen LogP contribution is -2.77. The van der Waals surface area contributed by atoms with E-state index in [1.165, 1.54) is 27.7 Å². The van der Waals surface area contributed by atoms with Crippen LogP contribution in [-0.4, -0.2) is 91.1 Å². The van der Waals surface area contributed by atoms with Gasteiger partial charge in [-0.05, 0) is 80.0 Å². The van der Waals surface area contributed by atoms with Gasteiger partial charge in [0.05, 0.1) is 40.9 Å². The van der Waals surface area contributed by atoms with Crippen LogP contribution in [0.3, 0.4) is 0 Å². The van der Waals surface area contributed by atoms with Crippen molar-refractivity contribution in [1.29, 1.82) is 0 Å². The summed E-state index contributed by atoms with van der Waals surface area (Å²) in [6.45, 7) is 18.5. The molecule has 18 unspecified atom stereocenters. The molecule has 0 aromatic carbocycles. The molecule has 20 atom stereocenters. The van der Waals surface area contributed by atoms with Crippen LogP contribution in [-0.2, 0) is 0 Å². The van der Waals surface area contributed by atoms with E-state index in [2.05, 4.69) is 0 Å². The molecule has 0 saturated heterocycles. The maximum Gasteiger partial charge on any atom is 0.394 e. The van der Waals surface area contributed by atoms with Gasteiger partial charge < -0.3 is 0 Å². The molecule has 7 saturated carbocycles. The van der Waals surface area contributed by atoms with E-state index < -0.39 is 181 Å². The van der Waals surface area contributed by atoms with Crippen LogP contribution < -0.4 is 0 Å². The van der Waals surface area contributed by atoms with Gasteiger partial charge in [-0.1, -0.05) is 96.9 Å². The summed E-state index contributed by atoms with van der Waals surface area (Å²) in [4.78, 5) is 0. The van der Waals surface area contributed by atoms with E-state index in [-0.39, 0.29) is 31.1 Å². The monoisotopic (exact) mass is 1270 g/mol. The van der Waals surface area contributed by atoms with Gasteiger partial charge in [-0.3, -0.25) is 0 Å². The van der Waals surface area contributed by atoms with Gasteiger partial charge >= 0.3 is 54.8 Å². The SMILES string of the molecule is CC.CC.CC1C(C)C(C(F)(F)F)C(C(F)(F)F)C(C)C1C(F)(F)F.CC1C(F)(F)C(C)(F)C(F)(F)C(F)(F)C1(F)F.CC1C(F)C(C)C(F)C(F)C1F.CC1CC(C)C(C(F)(F)F)C(C(F)(F)F)C1.CC1[C@H]2CC[C@@H]1C2(C)C(F)(F)F. The summed E-state index contributed by atoms with van der Waals surface area (Å²) in [5.41, 5.74) is -6.41. The van der Waals surface area contributed by atoms with Crippen molar-refractivity contribution in [2.45, 2.75) is 221 Å². The third-order valence-corrected chi connectivity index (χ3v) is 17.8. The number of hydrogen-bond acceptors (Lipinski definition) is 0. The van der Waals surface area contributed by atoms with Crippen molar-refractivity contribution in [1.82, 2.24) is 0 Å². The Balaban J connectivity index is 0.000000997. The predicted octanol–water partition coefficient (Wildman–Crippen LogP) is 21.7. The Bertz CT molecular complexity index is 1830. The maximum atomic E-state index is 13.2. The lowest BCUT2D eigenvalue weighted by Gasteiger charge is -2.53. The lowest BCUT2D eigenvalue weighted by atomic mass is 9.53. The third kappa shape index (κ3) is 15.2. The zero-order valence-electron chi connectivity index (χ0n) is 47.1. The number of hydrogen-bond donors (Lipinski definition) is 0. The molecule has 0 aromatic rings. The van der Waals surface area contributed by atoms with E-state index in [1.807, 2.05) is 34.6 Å². The highest BCUT2D eigenvalue weighted by molar-refractivity contribution is 5.20. The van der Waals surface area contributed by atoms with Gasteiger partial charge in [-0.15, -0.1) is 0 Å². The van der Waals surface area contributed by atoms with Crippen molar-refractivity contribution in [3.8, 4) is 0 Å². The molecule has 0 radical (unpaired) electrons. The first-order valence-corrected chi connectivity index (χ1v) is 26.3. The first-order valence-electron chi connectivity index (χ1n) is 26.3. The number of alkyl halides is 31. The Morgan fingerprint density at radius 1 is 0.341 bits per heavy atom. The lowest BCUT2D eigenvalue weighted by molar-refractivity contribution is -0.431. The maximum absolute atomic E-state index is 13.2. The van der Waals surface area contributed by atoms with Gasteiger partial charge in [0.25, 0.3) is 5.92 Å². The zero-order chi connectivity index (χ0) is 66.4. The predicted molar refractivity (Wildman–Crippen MR) is 241 cm³/mol. The van der Waals surface area contributed by atoms with Crippen LogP contribution in [0.2, 0.25) is 0 Å². The average Bonchev–Trinajstić information content (AvgIpc) is 3.90. The van der Waals surface area contributed by atoms with E-state index >= 15 is 0 Å². The Labute approximate surface area is 456 Å². The molecule has 0 N–H and O–H groups in total. The summed E-state index contributed by atoms with van der Waals surface area (Å²) in [5, 5.41) is 0. The fourth-order valence-electron chi connectivity index (χ4n) is 13.0. The molecule has 7 rings (SSSR count). The van der Waals surface area contributed by atoms with Gasteiger partial charge in [0, 0.05) is 11.8 Å². The van der Waals surface area contributed by atoms with Crippen LogP contribution in [0.4, 0.5) is 136 Å². The van der Waals surface area contributed by atoms with E-state index in [9.17, 15) is 136 Å². The van der Waals surface area contributed by atoms with Gasteiger partial charge in [0.2, 0.25) is 5.67 Å². The molecule has 7 aliphatic rings. The molecule has 0 aliphatic heterocycles. The normalized spacial score (nSPS) is 42.1. The van der Waals surface area contributed by atoms with Gasteiger partial charge in [-0.25, -0.2) is 30.7 Å². The molecular weight excluding hydrogens is 1200 g/mol. The first-order chi connectivity index (χ1) is 36.1. The smallest absolute Gasteiger partial charge is 0.247 e. The molecule has 82 heavy (non-hydrogen) atoms. The summed E-state index contributed by atoms with van der Waals surface area (Å²) in [6, 6.07) is 0. The first kappa shape index (κ1) is 79.8. The summed E-state index contributed by atoms with van der Waals surface area (Å²) in [7, 11) is 0. The molecule has 31 heteroatoms.